The molecule has 7 heteroatoms. The first-order valence-electron chi connectivity index (χ1n) is 7.95. The largest absolute Gasteiger partial charge is 0.486 e. The maximum Gasteiger partial charge on any atom is 0.291 e. The van der Waals surface area contributed by atoms with Gasteiger partial charge in [0.2, 0.25) is 16.9 Å². The van der Waals surface area contributed by atoms with Gasteiger partial charge in [-0.05, 0) is 19.3 Å². The highest BCUT2D eigenvalue weighted by Crippen LogP contribution is 2.18. The lowest BCUT2D eigenvalue weighted by Gasteiger charge is -2.33. The molecule has 23 heavy (non-hydrogen) atoms. The fourth-order valence-electron chi connectivity index (χ4n) is 2.31. The number of nitrogens with one attached hydrogen (secondary N) is 1. The van der Waals surface area contributed by atoms with E-state index < -0.39 is 11.4 Å². The molecular weight excluding hydrogens is 300 g/mol. The molecule has 7 nitrogen and oxygen atoms in total. The third kappa shape index (κ3) is 4.80. The summed E-state index contributed by atoms with van der Waals surface area (Å²) in [6, 6.07) is 1.24. The summed E-state index contributed by atoms with van der Waals surface area (Å²) in [6.07, 6.45) is 4.26. The third-order valence-electron chi connectivity index (χ3n) is 3.88. The van der Waals surface area contributed by atoms with Crippen molar-refractivity contribution in [2.75, 3.05) is 26.4 Å². The Kier molecular flexibility index (Phi) is 6.18. The predicted molar refractivity (Wildman–Crippen MR) is 84.7 cm³/mol. The standard InChI is InChI=1S/C16H24N2O5/c1-2-3-7-22-13-12(19)4-8-23-14(13)15(20)18-11-16(17)5-9-21-10-6-16/h4,8H,2-3,5-7,9-11,17H2,1H3,(H,18,20). The van der Waals surface area contributed by atoms with E-state index in [1.54, 1.807) is 0 Å². The minimum absolute atomic E-state index is 0.0449. The first-order valence-corrected chi connectivity index (χ1v) is 7.95. The van der Waals surface area contributed by atoms with Crippen molar-refractivity contribution in [2.24, 2.45) is 5.73 Å². The second kappa shape index (κ2) is 8.12. The van der Waals surface area contributed by atoms with Gasteiger partial charge >= 0.3 is 0 Å². The number of nitrogens with two attached hydrogens (primary N) is 1. The van der Waals surface area contributed by atoms with E-state index in [-0.39, 0.29) is 16.9 Å². The van der Waals surface area contributed by atoms with E-state index in [1.165, 1.54) is 12.3 Å². The Morgan fingerprint density at radius 2 is 2.17 bits per heavy atom. The molecule has 1 aromatic rings. The molecule has 1 saturated heterocycles. The van der Waals surface area contributed by atoms with E-state index in [0.29, 0.717) is 39.2 Å². The number of carbonyl (C=O) groups is 1. The van der Waals surface area contributed by atoms with Crippen LogP contribution in [-0.2, 0) is 4.74 Å². The number of unbranched alkanes of at least 4 members (excludes halogenated alkanes) is 1. The Bertz CT molecular complexity index is 578. The summed E-state index contributed by atoms with van der Waals surface area (Å²) in [4.78, 5) is 24.2. The molecule has 1 fully saturated rings. The van der Waals surface area contributed by atoms with Crippen LogP contribution in [0.25, 0.3) is 0 Å². The van der Waals surface area contributed by atoms with Gasteiger partial charge in [0.05, 0.1) is 12.9 Å². The predicted octanol–water partition coefficient (Wildman–Crippen LogP) is 1.06. The maximum absolute atomic E-state index is 12.3. The van der Waals surface area contributed by atoms with Crippen molar-refractivity contribution < 1.29 is 18.7 Å². The molecule has 1 aliphatic rings. The lowest BCUT2D eigenvalue weighted by molar-refractivity contribution is 0.0514. The minimum atomic E-state index is -0.495. The van der Waals surface area contributed by atoms with Crippen molar-refractivity contribution in [3.63, 3.8) is 0 Å². The van der Waals surface area contributed by atoms with Gasteiger partial charge in [-0.2, -0.15) is 0 Å². The highest BCUT2D eigenvalue weighted by atomic mass is 16.5. The van der Waals surface area contributed by atoms with Crippen LogP contribution in [0.1, 0.15) is 43.2 Å². The fourth-order valence-corrected chi connectivity index (χ4v) is 2.31. The maximum atomic E-state index is 12.3. The Hall–Kier alpha value is -1.86. The topological polar surface area (TPSA) is 104 Å². The molecule has 1 aliphatic heterocycles. The summed E-state index contributed by atoms with van der Waals surface area (Å²) in [5, 5.41) is 2.74. The van der Waals surface area contributed by atoms with Gasteiger partial charge in [0.1, 0.15) is 0 Å². The van der Waals surface area contributed by atoms with Crippen LogP contribution in [0.3, 0.4) is 0 Å². The van der Waals surface area contributed by atoms with E-state index in [2.05, 4.69) is 5.32 Å². The first-order chi connectivity index (χ1) is 11.1. The van der Waals surface area contributed by atoms with E-state index in [1.807, 2.05) is 6.92 Å². The molecule has 0 aliphatic carbocycles. The number of hydrogen-bond donors (Lipinski definition) is 2. The van der Waals surface area contributed by atoms with Crippen molar-refractivity contribution in [3.8, 4) is 5.75 Å². The van der Waals surface area contributed by atoms with Crippen LogP contribution in [0, 0.1) is 0 Å². The molecule has 3 N–H and O–H groups in total. The summed E-state index contributed by atoms with van der Waals surface area (Å²) in [7, 11) is 0. The lowest BCUT2D eigenvalue weighted by Crippen LogP contribution is -2.53. The van der Waals surface area contributed by atoms with Crippen LogP contribution >= 0.6 is 0 Å². The normalized spacial score (nSPS) is 16.8. The van der Waals surface area contributed by atoms with Crippen LogP contribution in [0.5, 0.6) is 5.75 Å². The van der Waals surface area contributed by atoms with Crippen LogP contribution in [-0.4, -0.2) is 37.8 Å². The zero-order valence-corrected chi connectivity index (χ0v) is 13.4. The third-order valence-corrected chi connectivity index (χ3v) is 3.88. The number of rotatable bonds is 7. The van der Waals surface area contributed by atoms with Crippen molar-refractivity contribution in [3.05, 3.63) is 28.3 Å². The van der Waals surface area contributed by atoms with Crippen molar-refractivity contribution in [2.45, 2.75) is 38.1 Å². The Morgan fingerprint density at radius 1 is 1.43 bits per heavy atom. The van der Waals surface area contributed by atoms with E-state index in [9.17, 15) is 9.59 Å². The molecule has 1 amide bonds. The summed E-state index contributed by atoms with van der Waals surface area (Å²) >= 11 is 0. The van der Waals surface area contributed by atoms with Gasteiger partial charge in [-0.25, -0.2) is 0 Å². The van der Waals surface area contributed by atoms with Crippen molar-refractivity contribution in [1.29, 1.82) is 0 Å². The first kappa shape index (κ1) is 17.5. The highest BCUT2D eigenvalue weighted by Gasteiger charge is 2.29. The van der Waals surface area contributed by atoms with Crippen LogP contribution in [0.15, 0.2) is 21.5 Å². The average Bonchev–Trinajstić information content (AvgIpc) is 2.55. The second-order valence-corrected chi connectivity index (χ2v) is 5.80. The minimum Gasteiger partial charge on any atom is -0.486 e. The molecule has 0 spiro atoms. The summed E-state index contributed by atoms with van der Waals surface area (Å²) in [6.45, 7) is 3.83. The lowest BCUT2D eigenvalue weighted by atomic mass is 9.91. The van der Waals surface area contributed by atoms with E-state index in [4.69, 9.17) is 19.6 Å². The monoisotopic (exact) mass is 324 g/mol. The Balaban J connectivity index is 2.03. The van der Waals surface area contributed by atoms with Gasteiger partial charge in [0.25, 0.3) is 5.91 Å². The van der Waals surface area contributed by atoms with Crippen LogP contribution < -0.4 is 21.2 Å². The summed E-state index contributed by atoms with van der Waals surface area (Å²) in [5.74, 6) is -0.647. The van der Waals surface area contributed by atoms with Crippen molar-refractivity contribution >= 4 is 5.91 Å². The summed E-state index contributed by atoms with van der Waals surface area (Å²) in [5.41, 5.74) is 5.37. The van der Waals surface area contributed by atoms with E-state index in [0.717, 1.165) is 12.8 Å². The summed E-state index contributed by atoms with van der Waals surface area (Å²) < 4.78 is 15.9. The average molecular weight is 324 g/mol. The number of ether oxygens (including phenoxy) is 2. The molecule has 128 valence electrons. The van der Waals surface area contributed by atoms with Gasteiger partial charge in [0, 0.05) is 31.4 Å². The van der Waals surface area contributed by atoms with E-state index >= 15 is 0 Å². The van der Waals surface area contributed by atoms with Gasteiger partial charge in [-0.15, -0.1) is 0 Å². The molecule has 1 aromatic heterocycles. The van der Waals surface area contributed by atoms with Crippen LogP contribution in [0.2, 0.25) is 0 Å². The Morgan fingerprint density at radius 3 is 2.87 bits per heavy atom. The molecule has 0 aromatic carbocycles. The molecule has 0 radical (unpaired) electrons. The Labute approximate surface area is 135 Å². The van der Waals surface area contributed by atoms with Gasteiger partial charge in [0.15, 0.2) is 0 Å². The smallest absolute Gasteiger partial charge is 0.291 e. The number of hydrogen-bond acceptors (Lipinski definition) is 6. The molecule has 2 rings (SSSR count). The molecule has 0 unspecified atom stereocenters. The van der Waals surface area contributed by atoms with Gasteiger partial charge in [-0.1, -0.05) is 13.3 Å². The molecule has 0 bridgehead atoms. The zero-order valence-electron chi connectivity index (χ0n) is 13.4. The molecule has 0 saturated carbocycles. The van der Waals surface area contributed by atoms with Crippen molar-refractivity contribution in [1.82, 2.24) is 5.32 Å². The number of carbonyl (C=O) groups excluding carboxylic acids is 1. The SMILES string of the molecule is CCCCOc1c(C(=O)NCC2(N)CCOCC2)occc1=O. The second-order valence-electron chi connectivity index (χ2n) is 5.80. The fraction of sp³-hybridized carbons (Fsp3) is 0.625. The quantitative estimate of drug-likeness (QED) is 0.727. The highest BCUT2D eigenvalue weighted by molar-refractivity contribution is 5.93. The number of amides is 1. The zero-order chi connectivity index (χ0) is 16.7. The molecular formula is C16H24N2O5. The van der Waals surface area contributed by atoms with Gasteiger partial charge < -0.3 is 24.9 Å². The molecule has 0 atom stereocenters. The van der Waals surface area contributed by atoms with Crippen LogP contribution in [0.4, 0.5) is 0 Å². The molecule has 2 heterocycles. The van der Waals surface area contributed by atoms with Gasteiger partial charge in [-0.3, -0.25) is 9.59 Å².